The predicted molar refractivity (Wildman–Crippen MR) is 90.3 cm³/mol. The molecular weight excluding hydrogens is 304 g/mol. The Kier molecular flexibility index (Phi) is 3.55. The molecule has 1 aromatic heterocycles. The number of aryl methyl sites for hydroxylation is 1. The number of aromatic nitrogens is 2. The molecule has 2 aromatic rings. The van der Waals surface area contributed by atoms with Crippen LogP contribution in [0.1, 0.15) is 43.1 Å². The molecule has 0 saturated carbocycles. The molecule has 1 N–H and O–H groups in total. The van der Waals surface area contributed by atoms with Crippen LogP contribution in [0, 0.1) is 6.92 Å². The number of aromatic amines is 1. The number of likely N-dealkylation sites (N-methyl/N-ethyl adjacent to an activating group) is 1. The number of rotatable bonds is 2. The van der Waals surface area contributed by atoms with Gasteiger partial charge in [-0.05, 0) is 43.9 Å². The van der Waals surface area contributed by atoms with Gasteiger partial charge in [0, 0.05) is 20.0 Å². The van der Waals surface area contributed by atoms with E-state index in [0.717, 1.165) is 36.2 Å². The molecule has 2 atom stereocenters. The van der Waals surface area contributed by atoms with Gasteiger partial charge >= 0.3 is 0 Å². The van der Waals surface area contributed by atoms with Crippen LogP contribution in [0.4, 0.5) is 0 Å². The Bertz CT molecular complexity index is 812. The minimum atomic E-state index is -0.315. The molecule has 0 spiro atoms. The van der Waals surface area contributed by atoms with Gasteiger partial charge in [0.15, 0.2) is 0 Å². The Morgan fingerprint density at radius 2 is 2.17 bits per heavy atom. The molecule has 2 saturated heterocycles. The summed E-state index contributed by atoms with van der Waals surface area (Å²) in [6, 6.07) is 5.80. The van der Waals surface area contributed by atoms with Crippen molar-refractivity contribution < 1.29 is 9.59 Å². The smallest absolute Gasteiger partial charge is 0.245 e. The van der Waals surface area contributed by atoms with Crippen molar-refractivity contribution in [2.24, 2.45) is 0 Å². The third kappa shape index (κ3) is 2.37. The van der Waals surface area contributed by atoms with Crippen LogP contribution < -0.4 is 0 Å². The fourth-order valence-electron chi connectivity index (χ4n) is 3.90. The first-order chi connectivity index (χ1) is 11.5. The number of carbonyl (C=O) groups is 2. The van der Waals surface area contributed by atoms with Crippen LogP contribution in [0.3, 0.4) is 0 Å². The van der Waals surface area contributed by atoms with Crippen molar-refractivity contribution >= 4 is 22.8 Å². The number of carbonyl (C=O) groups excluding carboxylic acids is 2. The highest BCUT2D eigenvalue weighted by Gasteiger charge is 2.40. The first-order valence-electron chi connectivity index (χ1n) is 8.57. The zero-order chi connectivity index (χ0) is 16.8. The Balaban J connectivity index is 1.62. The number of H-pyrrole nitrogens is 1. The fraction of sp³-hybridized carbons (Fsp3) is 0.500. The molecule has 4 rings (SSSR count). The number of imidazole rings is 1. The lowest BCUT2D eigenvalue weighted by Gasteiger charge is -2.29. The number of fused-ring (bicyclic) bond motifs is 1. The number of nitrogens with zero attached hydrogens (tertiary/aromatic N) is 3. The van der Waals surface area contributed by atoms with Crippen molar-refractivity contribution in [3.63, 3.8) is 0 Å². The van der Waals surface area contributed by atoms with E-state index in [2.05, 4.69) is 18.0 Å². The zero-order valence-electron chi connectivity index (χ0n) is 14.1. The summed E-state index contributed by atoms with van der Waals surface area (Å²) in [7, 11) is 1.73. The molecule has 1 aromatic carbocycles. The molecule has 24 heavy (non-hydrogen) atoms. The van der Waals surface area contributed by atoms with Crippen LogP contribution in [0.25, 0.3) is 11.0 Å². The van der Waals surface area contributed by atoms with Gasteiger partial charge in [-0.25, -0.2) is 4.98 Å². The summed E-state index contributed by atoms with van der Waals surface area (Å²) in [6.45, 7) is 2.79. The maximum Gasteiger partial charge on any atom is 0.245 e. The Hall–Kier alpha value is -2.37. The maximum atomic E-state index is 12.9. The van der Waals surface area contributed by atoms with Crippen molar-refractivity contribution in [3.05, 3.63) is 29.6 Å². The lowest BCUT2D eigenvalue weighted by Crippen LogP contribution is -2.45. The zero-order valence-corrected chi connectivity index (χ0v) is 14.1. The summed E-state index contributed by atoms with van der Waals surface area (Å²) >= 11 is 0. The average Bonchev–Trinajstić information content (AvgIpc) is 3.26. The number of nitrogens with one attached hydrogen (secondary N) is 1. The van der Waals surface area contributed by atoms with Crippen LogP contribution in [0.15, 0.2) is 18.2 Å². The molecule has 2 fully saturated rings. The van der Waals surface area contributed by atoms with Crippen LogP contribution in [-0.4, -0.2) is 51.2 Å². The van der Waals surface area contributed by atoms with E-state index >= 15 is 0 Å². The lowest BCUT2D eigenvalue weighted by molar-refractivity contribution is -0.141. The molecular formula is C18H22N4O2. The lowest BCUT2D eigenvalue weighted by atomic mass is 10.1. The van der Waals surface area contributed by atoms with Crippen LogP contribution in [-0.2, 0) is 9.59 Å². The van der Waals surface area contributed by atoms with Gasteiger partial charge in [0.25, 0.3) is 0 Å². The van der Waals surface area contributed by atoms with E-state index in [4.69, 9.17) is 4.98 Å². The molecule has 2 amide bonds. The fourth-order valence-corrected chi connectivity index (χ4v) is 3.90. The number of likely N-dealkylation sites (tertiary alicyclic amines) is 2. The second-order valence-corrected chi connectivity index (χ2v) is 6.89. The molecule has 0 radical (unpaired) electrons. The standard InChI is InChI=1S/C18H22N4O2/c1-11-5-6-12-13(10-11)20-17(19-12)14-4-3-9-22(14)18(24)15-7-8-16(23)21(15)2/h5-6,10,14-15H,3-4,7-9H2,1-2H3,(H,19,20). The largest absolute Gasteiger partial charge is 0.340 e. The Morgan fingerprint density at radius 3 is 2.92 bits per heavy atom. The van der Waals surface area contributed by atoms with Gasteiger partial charge in [-0.2, -0.15) is 0 Å². The average molecular weight is 326 g/mol. The summed E-state index contributed by atoms with van der Waals surface area (Å²) in [6.07, 6.45) is 2.97. The predicted octanol–water partition coefficient (Wildman–Crippen LogP) is 2.16. The minimum absolute atomic E-state index is 0.0192. The van der Waals surface area contributed by atoms with Crippen molar-refractivity contribution in [2.75, 3.05) is 13.6 Å². The first kappa shape index (κ1) is 15.2. The van der Waals surface area contributed by atoms with Crippen molar-refractivity contribution in [1.82, 2.24) is 19.8 Å². The van der Waals surface area contributed by atoms with Gasteiger partial charge in [0.2, 0.25) is 11.8 Å². The van der Waals surface area contributed by atoms with Crippen molar-refractivity contribution in [2.45, 2.75) is 44.7 Å². The van der Waals surface area contributed by atoms with Gasteiger partial charge in [-0.15, -0.1) is 0 Å². The van der Waals surface area contributed by atoms with Gasteiger partial charge in [-0.3, -0.25) is 9.59 Å². The summed E-state index contributed by atoms with van der Waals surface area (Å²) < 4.78 is 0. The maximum absolute atomic E-state index is 12.9. The van der Waals surface area contributed by atoms with Gasteiger partial charge in [-0.1, -0.05) is 6.07 Å². The van der Waals surface area contributed by atoms with E-state index in [1.807, 2.05) is 17.0 Å². The third-order valence-corrected chi connectivity index (χ3v) is 5.28. The highest BCUT2D eigenvalue weighted by molar-refractivity contribution is 5.91. The molecule has 2 unspecified atom stereocenters. The van der Waals surface area contributed by atoms with E-state index in [0.29, 0.717) is 12.8 Å². The molecule has 2 aliphatic rings. The number of amides is 2. The van der Waals surface area contributed by atoms with E-state index < -0.39 is 0 Å². The van der Waals surface area contributed by atoms with Gasteiger partial charge < -0.3 is 14.8 Å². The van der Waals surface area contributed by atoms with Gasteiger partial charge in [0.1, 0.15) is 11.9 Å². The normalized spacial score (nSPS) is 24.3. The van der Waals surface area contributed by atoms with E-state index in [1.54, 1.807) is 11.9 Å². The van der Waals surface area contributed by atoms with Gasteiger partial charge in [0.05, 0.1) is 17.1 Å². The first-order valence-corrected chi connectivity index (χ1v) is 8.57. The highest BCUT2D eigenvalue weighted by Crippen LogP contribution is 2.33. The highest BCUT2D eigenvalue weighted by atomic mass is 16.2. The van der Waals surface area contributed by atoms with Crippen molar-refractivity contribution in [1.29, 1.82) is 0 Å². The second kappa shape index (κ2) is 5.61. The minimum Gasteiger partial charge on any atom is -0.340 e. The topological polar surface area (TPSA) is 69.3 Å². The van der Waals surface area contributed by atoms with E-state index in [1.165, 1.54) is 5.56 Å². The number of benzene rings is 1. The van der Waals surface area contributed by atoms with Crippen molar-refractivity contribution in [3.8, 4) is 0 Å². The second-order valence-electron chi connectivity index (χ2n) is 6.89. The molecule has 6 nitrogen and oxygen atoms in total. The molecule has 126 valence electrons. The molecule has 3 heterocycles. The Labute approximate surface area is 140 Å². The summed E-state index contributed by atoms with van der Waals surface area (Å²) in [5.41, 5.74) is 3.13. The Morgan fingerprint density at radius 1 is 1.33 bits per heavy atom. The molecule has 0 bridgehead atoms. The SMILES string of the molecule is Cc1ccc2nc(C3CCCN3C(=O)C3CCC(=O)N3C)[nH]c2c1. The van der Waals surface area contributed by atoms with Crippen LogP contribution in [0.2, 0.25) is 0 Å². The summed E-state index contributed by atoms with van der Waals surface area (Å²) in [5.74, 6) is 0.972. The third-order valence-electron chi connectivity index (χ3n) is 5.28. The molecule has 0 aliphatic carbocycles. The molecule has 2 aliphatic heterocycles. The molecule has 6 heteroatoms. The monoisotopic (exact) mass is 326 g/mol. The number of hydrogen-bond donors (Lipinski definition) is 1. The summed E-state index contributed by atoms with van der Waals surface area (Å²) in [5, 5.41) is 0. The van der Waals surface area contributed by atoms with E-state index in [-0.39, 0.29) is 23.9 Å². The number of hydrogen-bond acceptors (Lipinski definition) is 3. The van der Waals surface area contributed by atoms with Crippen LogP contribution >= 0.6 is 0 Å². The summed E-state index contributed by atoms with van der Waals surface area (Å²) in [4.78, 5) is 36.3. The quantitative estimate of drug-likeness (QED) is 0.919. The van der Waals surface area contributed by atoms with E-state index in [9.17, 15) is 9.59 Å². The van der Waals surface area contributed by atoms with Crippen LogP contribution in [0.5, 0.6) is 0 Å².